The van der Waals surface area contributed by atoms with Gasteiger partial charge in [0.25, 0.3) is 0 Å². The zero-order chi connectivity index (χ0) is 18.9. The second-order valence-corrected chi connectivity index (χ2v) is 8.46. The van der Waals surface area contributed by atoms with Crippen molar-refractivity contribution in [2.75, 3.05) is 32.8 Å². The van der Waals surface area contributed by atoms with Crippen molar-refractivity contribution in [3.8, 4) is 0 Å². The van der Waals surface area contributed by atoms with Gasteiger partial charge in [0.05, 0.1) is 18.2 Å². The van der Waals surface area contributed by atoms with Crippen LogP contribution in [0.4, 0.5) is 0 Å². The van der Waals surface area contributed by atoms with Crippen LogP contribution in [0.2, 0.25) is 0 Å². The molecule has 1 aliphatic heterocycles. The highest BCUT2D eigenvalue weighted by molar-refractivity contribution is 5.37. The van der Waals surface area contributed by atoms with Gasteiger partial charge in [0.2, 0.25) is 0 Å². The summed E-state index contributed by atoms with van der Waals surface area (Å²) in [5.41, 5.74) is 7.01. The highest BCUT2D eigenvalue weighted by Gasteiger charge is 2.43. The molecule has 3 nitrogen and oxygen atoms in total. The van der Waals surface area contributed by atoms with E-state index < -0.39 is 0 Å². The van der Waals surface area contributed by atoms with Crippen LogP contribution in [0.25, 0.3) is 0 Å². The largest absolute Gasteiger partial charge is 0.372 e. The van der Waals surface area contributed by atoms with E-state index in [0.29, 0.717) is 0 Å². The predicted molar refractivity (Wildman–Crippen MR) is 111 cm³/mol. The molecule has 4 rings (SSSR count). The van der Waals surface area contributed by atoms with Gasteiger partial charge in [-0.25, -0.2) is 0 Å². The summed E-state index contributed by atoms with van der Waals surface area (Å²) in [7, 11) is 0. The molecule has 3 heteroatoms. The summed E-state index contributed by atoms with van der Waals surface area (Å²) in [6, 6.07) is 15.7. The number of aryl methyl sites for hydroxylation is 2. The molecule has 144 valence electrons. The number of rotatable bonds is 5. The fourth-order valence-electron chi connectivity index (χ4n) is 4.85. The summed E-state index contributed by atoms with van der Waals surface area (Å²) in [5.74, 6) is 0. The minimum Gasteiger partial charge on any atom is -0.372 e. The molecule has 0 saturated carbocycles. The number of fused-ring (bicyclic) bond motifs is 1. The molecular weight excluding hydrogens is 332 g/mol. The number of hydrogen-bond acceptors (Lipinski definition) is 3. The SMILES string of the molecule is Cc1cc(C)cc(C(C)OCC2(N3CCNCC3)Cc3ccccc3C2)c1. The van der Waals surface area contributed by atoms with E-state index in [1.54, 1.807) is 0 Å². The van der Waals surface area contributed by atoms with Crippen LogP contribution in [0.3, 0.4) is 0 Å². The molecule has 0 amide bonds. The van der Waals surface area contributed by atoms with Gasteiger partial charge >= 0.3 is 0 Å². The molecule has 1 unspecified atom stereocenters. The smallest absolute Gasteiger partial charge is 0.0797 e. The molecule has 0 spiro atoms. The molecule has 0 radical (unpaired) electrons. The van der Waals surface area contributed by atoms with Crippen LogP contribution in [0, 0.1) is 13.8 Å². The Labute approximate surface area is 163 Å². The Morgan fingerprint density at radius 3 is 2.19 bits per heavy atom. The fraction of sp³-hybridized carbons (Fsp3) is 0.500. The van der Waals surface area contributed by atoms with Crippen molar-refractivity contribution >= 4 is 0 Å². The van der Waals surface area contributed by atoms with E-state index in [1.807, 2.05) is 0 Å². The number of nitrogens with one attached hydrogen (secondary N) is 1. The lowest BCUT2D eigenvalue weighted by atomic mass is 9.93. The van der Waals surface area contributed by atoms with Gasteiger partial charge in [0.15, 0.2) is 0 Å². The quantitative estimate of drug-likeness (QED) is 0.873. The summed E-state index contributed by atoms with van der Waals surface area (Å²) in [5, 5.41) is 3.50. The maximum atomic E-state index is 6.55. The third kappa shape index (κ3) is 3.96. The van der Waals surface area contributed by atoms with Crippen LogP contribution in [0.5, 0.6) is 0 Å². The van der Waals surface area contributed by atoms with E-state index >= 15 is 0 Å². The van der Waals surface area contributed by atoms with Crippen molar-refractivity contribution in [2.45, 2.75) is 45.3 Å². The summed E-state index contributed by atoms with van der Waals surface area (Å²) in [4.78, 5) is 2.68. The van der Waals surface area contributed by atoms with E-state index in [0.717, 1.165) is 45.6 Å². The lowest BCUT2D eigenvalue weighted by Crippen LogP contribution is -2.59. The minimum atomic E-state index is 0.0961. The number of hydrogen-bond donors (Lipinski definition) is 1. The van der Waals surface area contributed by atoms with E-state index in [1.165, 1.54) is 27.8 Å². The van der Waals surface area contributed by atoms with Gasteiger partial charge in [-0.15, -0.1) is 0 Å². The van der Waals surface area contributed by atoms with Crippen LogP contribution in [-0.2, 0) is 17.6 Å². The number of benzene rings is 2. The summed E-state index contributed by atoms with van der Waals surface area (Å²) >= 11 is 0. The van der Waals surface area contributed by atoms with Crippen molar-refractivity contribution in [1.29, 1.82) is 0 Å². The lowest BCUT2D eigenvalue weighted by Gasteiger charge is -2.44. The van der Waals surface area contributed by atoms with Gasteiger partial charge < -0.3 is 10.1 Å². The van der Waals surface area contributed by atoms with Crippen LogP contribution in [-0.4, -0.2) is 43.2 Å². The Balaban J connectivity index is 1.53. The van der Waals surface area contributed by atoms with E-state index in [-0.39, 0.29) is 11.6 Å². The third-order valence-electron chi connectivity index (χ3n) is 6.26. The van der Waals surface area contributed by atoms with E-state index in [4.69, 9.17) is 4.74 Å². The molecule has 1 heterocycles. The van der Waals surface area contributed by atoms with Gasteiger partial charge in [0, 0.05) is 26.2 Å². The standard InChI is InChI=1S/C24H32N2O/c1-18-12-19(2)14-23(13-18)20(3)27-17-24(26-10-8-25-9-11-26)15-21-6-4-5-7-22(21)16-24/h4-7,12-14,20,25H,8-11,15-17H2,1-3H3. The molecule has 1 fully saturated rings. The van der Waals surface area contributed by atoms with Gasteiger partial charge in [0.1, 0.15) is 0 Å². The maximum Gasteiger partial charge on any atom is 0.0797 e. The number of nitrogens with zero attached hydrogens (tertiary/aromatic N) is 1. The highest BCUT2D eigenvalue weighted by atomic mass is 16.5. The number of ether oxygens (including phenoxy) is 1. The van der Waals surface area contributed by atoms with E-state index in [2.05, 4.69) is 73.5 Å². The summed E-state index contributed by atoms with van der Waals surface area (Å²) in [6.45, 7) is 11.7. The van der Waals surface area contributed by atoms with Crippen LogP contribution in [0.1, 0.15) is 40.8 Å². The molecule has 27 heavy (non-hydrogen) atoms. The second kappa shape index (κ2) is 7.75. The van der Waals surface area contributed by atoms with Crippen molar-refractivity contribution in [3.63, 3.8) is 0 Å². The first-order chi connectivity index (χ1) is 13.1. The molecule has 0 bridgehead atoms. The molecular formula is C24H32N2O. The Hall–Kier alpha value is -1.68. The Bertz CT molecular complexity index is 749. The normalized spacial score (nSPS) is 20.4. The van der Waals surface area contributed by atoms with E-state index in [9.17, 15) is 0 Å². The first-order valence-electron chi connectivity index (χ1n) is 10.3. The molecule has 2 aliphatic rings. The van der Waals surface area contributed by atoms with Crippen LogP contribution >= 0.6 is 0 Å². The fourth-order valence-corrected chi connectivity index (χ4v) is 4.85. The van der Waals surface area contributed by atoms with Gasteiger partial charge in [-0.3, -0.25) is 4.90 Å². The third-order valence-corrected chi connectivity index (χ3v) is 6.26. The Morgan fingerprint density at radius 1 is 1.00 bits per heavy atom. The minimum absolute atomic E-state index is 0.0961. The monoisotopic (exact) mass is 364 g/mol. The Kier molecular flexibility index (Phi) is 5.36. The molecule has 0 aromatic heterocycles. The van der Waals surface area contributed by atoms with Gasteiger partial charge in [-0.2, -0.15) is 0 Å². The molecule has 2 aromatic rings. The van der Waals surface area contributed by atoms with Crippen LogP contribution < -0.4 is 5.32 Å². The zero-order valence-electron chi connectivity index (χ0n) is 16.9. The molecule has 1 saturated heterocycles. The topological polar surface area (TPSA) is 24.5 Å². The zero-order valence-corrected chi connectivity index (χ0v) is 16.9. The molecule has 2 aromatic carbocycles. The predicted octanol–water partition coefficient (Wildman–Crippen LogP) is 3.82. The first-order valence-corrected chi connectivity index (χ1v) is 10.3. The van der Waals surface area contributed by atoms with Gasteiger partial charge in [-0.1, -0.05) is 53.6 Å². The van der Waals surface area contributed by atoms with Crippen molar-refractivity contribution in [1.82, 2.24) is 10.2 Å². The second-order valence-electron chi connectivity index (χ2n) is 8.46. The first kappa shape index (κ1) is 18.7. The average Bonchev–Trinajstić information content (AvgIpc) is 3.06. The van der Waals surface area contributed by atoms with Crippen LogP contribution in [0.15, 0.2) is 42.5 Å². The summed E-state index contributed by atoms with van der Waals surface area (Å²) < 4.78 is 6.55. The maximum absolute atomic E-state index is 6.55. The van der Waals surface area contributed by atoms with Crippen molar-refractivity contribution in [2.24, 2.45) is 0 Å². The Morgan fingerprint density at radius 2 is 1.59 bits per heavy atom. The van der Waals surface area contributed by atoms with Crippen molar-refractivity contribution in [3.05, 3.63) is 70.3 Å². The average molecular weight is 365 g/mol. The molecule has 1 N–H and O–H groups in total. The lowest BCUT2D eigenvalue weighted by molar-refractivity contribution is -0.0379. The summed E-state index contributed by atoms with van der Waals surface area (Å²) in [6.07, 6.45) is 2.32. The molecule has 1 aliphatic carbocycles. The number of piperazine rings is 1. The highest BCUT2D eigenvalue weighted by Crippen LogP contribution is 2.36. The van der Waals surface area contributed by atoms with Crippen molar-refractivity contribution < 1.29 is 4.74 Å². The van der Waals surface area contributed by atoms with Gasteiger partial charge in [-0.05, 0) is 50.3 Å². The molecule has 1 atom stereocenters.